The maximum Gasteiger partial charge on any atom is 0.427 e. The van der Waals surface area contributed by atoms with Crippen molar-refractivity contribution < 1.29 is 29.7 Å². The van der Waals surface area contributed by atoms with Crippen LogP contribution in [0.1, 0.15) is 13.3 Å². The number of rotatable bonds is 1. The van der Waals surface area contributed by atoms with E-state index in [1.54, 1.807) is 6.92 Å². The monoisotopic (exact) mass is 232 g/mol. The van der Waals surface area contributed by atoms with Gasteiger partial charge >= 0.3 is 18.2 Å². The smallest absolute Gasteiger partial charge is 0.427 e. The van der Waals surface area contributed by atoms with E-state index in [0.717, 1.165) is 0 Å². The minimum absolute atomic E-state index is 0.0212. The Bertz CT molecular complexity index is 330. The highest BCUT2D eigenvalue weighted by Gasteiger charge is 2.43. The molecule has 0 aromatic carbocycles. The van der Waals surface area contributed by atoms with Gasteiger partial charge in [-0.15, -0.1) is 0 Å². The molecule has 0 bridgehead atoms. The average molecular weight is 232 g/mol. The van der Waals surface area contributed by atoms with Gasteiger partial charge in [0.25, 0.3) is 0 Å². The standard InChI is InChI=1S/C8H12N2O6/c1-4-2-3-9(7(13)14)10(8(15)16)5(4)6(11)12/h4-5H,2-3H2,1H3,(H,11,12)(H,13,14)(H,15,16). The van der Waals surface area contributed by atoms with Crippen molar-refractivity contribution in [3.8, 4) is 0 Å². The van der Waals surface area contributed by atoms with Crippen LogP contribution >= 0.6 is 0 Å². The van der Waals surface area contributed by atoms with Crippen LogP contribution in [0.15, 0.2) is 0 Å². The molecule has 90 valence electrons. The summed E-state index contributed by atoms with van der Waals surface area (Å²) >= 11 is 0. The first-order valence-corrected chi connectivity index (χ1v) is 4.61. The highest BCUT2D eigenvalue weighted by atomic mass is 16.4. The molecule has 16 heavy (non-hydrogen) atoms. The fraction of sp³-hybridized carbons (Fsp3) is 0.625. The van der Waals surface area contributed by atoms with Crippen LogP contribution in [-0.2, 0) is 4.79 Å². The summed E-state index contributed by atoms with van der Waals surface area (Å²) in [5, 5.41) is 27.4. The van der Waals surface area contributed by atoms with Crippen molar-refractivity contribution in [2.75, 3.05) is 6.54 Å². The molecule has 0 aromatic rings. The number of aliphatic carboxylic acids is 1. The molecule has 1 heterocycles. The van der Waals surface area contributed by atoms with Gasteiger partial charge in [-0.05, 0) is 12.3 Å². The maximum absolute atomic E-state index is 10.9. The number of carbonyl (C=O) groups is 3. The molecule has 2 amide bonds. The molecule has 0 radical (unpaired) electrons. The van der Waals surface area contributed by atoms with Crippen LogP contribution < -0.4 is 0 Å². The van der Waals surface area contributed by atoms with Gasteiger partial charge in [0.2, 0.25) is 0 Å². The Kier molecular flexibility index (Phi) is 3.21. The zero-order valence-corrected chi connectivity index (χ0v) is 8.53. The topological polar surface area (TPSA) is 118 Å². The predicted molar refractivity (Wildman–Crippen MR) is 49.8 cm³/mol. The molecular weight excluding hydrogens is 220 g/mol. The lowest BCUT2D eigenvalue weighted by molar-refractivity contribution is -0.155. The van der Waals surface area contributed by atoms with E-state index in [0.29, 0.717) is 16.4 Å². The largest absolute Gasteiger partial charge is 0.480 e. The van der Waals surface area contributed by atoms with Crippen LogP contribution in [0.25, 0.3) is 0 Å². The lowest BCUT2D eigenvalue weighted by Crippen LogP contribution is -2.62. The van der Waals surface area contributed by atoms with Gasteiger partial charge in [0.05, 0.1) is 0 Å². The number of nitrogens with zero attached hydrogens (tertiary/aromatic N) is 2. The minimum Gasteiger partial charge on any atom is -0.480 e. The van der Waals surface area contributed by atoms with Gasteiger partial charge in [-0.3, -0.25) is 0 Å². The molecule has 1 rings (SSSR count). The van der Waals surface area contributed by atoms with Crippen LogP contribution in [-0.4, -0.2) is 56.1 Å². The number of amides is 2. The van der Waals surface area contributed by atoms with Gasteiger partial charge < -0.3 is 15.3 Å². The highest BCUT2D eigenvalue weighted by molar-refractivity contribution is 5.81. The Hall–Kier alpha value is -1.99. The third kappa shape index (κ3) is 2.00. The van der Waals surface area contributed by atoms with E-state index in [1.807, 2.05) is 0 Å². The second-order valence-corrected chi connectivity index (χ2v) is 3.58. The molecule has 8 heteroatoms. The van der Waals surface area contributed by atoms with E-state index < -0.39 is 30.1 Å². The van der Waals surface area contributed by atoms with Crippen LogP contribution in [0.2, 0.25) is 0 Å². The lowest BCUT2D eigenvalue weighted by Gasteiger charge is -2.41. The van der Waals surface area contributed by atoms with Crippen molar-refractivity contribution in [3.63, 3.8) is 0 Å². The third-order valence-electron chi connectivity index (χ3n) is 2.53. The summed E-state index contributed by atoms with van der Waals surface area (Å²) in [5.74, 6) is -1.77. The Morgan fingerprint density at radius 3 is 2.06 bits per heavy atom. The molecule has 0 spiro atoms. The van der Waals surface area contributed by atoms with Gasteiger partial charge in [-0.25, -0.2) is 19.4 Å². The van der Waals surface area contributed by atoms with E-state index in [-0.39, 0.29) is 6.54 Å². The molecule has 2 atom stereocenters. The molecule has 1 fully saturated rings. The second kappa shape index (κ2) is 4.25. The molecule has 0 aliphatic carbocycles. The summed E-state index contributed by atoms with van der Waals surface area (Å²) in [6.07, 6.45) is -2.74. The quantitative estimate of drug-likeness (QED) is 0.600. The third-order valence-corrected chi connectivity index (χ3v) is 2.53. The zero-order valence-electron chi connectivity index (χ0n) is 8.53. The average Bonchev–Trinajstić information content (AvgIpc) is 2.15. The molecular formula is C8H12N2O6. The summed E-state index contributed by atoms with van der Waals surface area (Å²) < 4.78 is 0. The van der Waals surface area contributed by atoms with E-state index in [2.05, 4.69) is 0 Å². The Morgan fingerprint density at radius 2 is 1.69 bits per heavy atom. The highest BCUT2D eigenvalue weighted by Crippen LogP contribution is 2.24. The van der Waals surface area contributed by atoms with E-state index >= 15 is 0 Å². The van der Waals surface area contributed by atoms with Crippen molar-refractivity contribution in [2.24, 2.45) is 5.92 Å². The lowest BCUT2D eigenvalue weighted by atomic mass is 9.95. The van der Waals surface area contributed by atoms with Gasteiger partial charge in [0, 0.05) is 6.54 Å². The molecule has 1 aliphatic heterocycles. The molecule has 0 saturated carbocycles. The molecule has 0 aromatic heterocycles. The zero-order chi connectivity index (χ0) is 12.5. The van der Waals surface area contributed by atoms with E-state index in [1.165, 1.54) is 0 Å². The van der Waals surface area contributed by atoms with Gasteiger partial charge in [-0.1, -0.05) is 6.92 Å². The van der Waals surface area contributed by atoms with Crippen molar-refractivity contribution in [3.05, 3.63) is 0 Å². The van der Waals surface area contributed by atoms with Crippen LogP contribution in [0.3, 0.4) is 0 Å². The number of hydrogen-bond acceptors (Lipinski definition) is 3. The normalized spacial score (nSPS) is 25.3. The van der Waals surface area contributed by atoms with E-state index in [9.17, 15) is 14.4 Å². The fourth-order valence-electron chi connectivity index (χ4n) is 1.74. The molecule has 1 saturated heterocycles. The maximum atomic E-state index is 10.9. The summed E-state index contributed by atoms with van der Waals surface area (Å²) in [6.45, 7) is 1.56. The molecule has 1 aliphatic rings. The molecule has 2 unspecified atom stereocenters. The summed E-state index contributed by atoms with van der Waals surface area (Å²) in [6, 6.07) is -1.36. The number of carboxylic acid groups (broad SMARTS) is 3. The van der Waals surface area contributed by atoms with Gasteiger partial charge in [-0.2, -0.15) is 5.01 Å². The first-order valence-electron chi connectivity index (χ1n) is 4.61. The predicted octanol–water partition coefficient (Wildman–Crippen LogP) is 0.354. The minimum atomic E-state index is -1.58. The Morgan fingerprint density at radius 1 is 1.12 bits per heavy atom. The van der Waals surface area contributed by atoms with Crippen LogP contribution in [0.5, 0.6) is 0 Å². The summed E-state index contributed by atoms with van der Waals surface area (Å²) in [4.78, 5) is 32.6. The summed E-state index contributed by atoms with van der Waals surface area (Å²) in [5.41, 5.74) is 0. The summed E-state index contributed by atoms with van der Waals surface area (Å²) in [7, 11) is 0. The van der Waals surface area contributed by atoms with Crippen molar-refractivity contribution in [2.45, 2.75) is 19.4 Å². The number of carboxylic acids is 1. The first-order chi connectivity index (χ1) is 7.36. The Labute approximate surface area is 90.6 Å². The van der Waals surface area contributed by atoms with Crippen molar-refractivity contribution in [1.82, 2.24) is 10.0 Å². The van der Waals surface area contributed by atoms with Gasteiger partial charge in [0.15, 0.2) is 6.04 Å². The van der Waals surface area contributed by atoms with Gasteiger partial charge in [0.1, 0.15) is 0 Å². The van der Waals surface area contributed by atoms with E-state index in [4.69, 9.17) is 15.3 Å². The number of hydrazine groups is 1. The second-order valence-electron chi connectivity index (χ2n) is 3.58. The fourth-order valence-corrected chi connectivity index (χ4v) is 1.74. The van der Waals surface area contributed by atoms with Crippen LogP contribution in [0, 0.1) is 5.92 Å². The van der Waals surface area contributed by atoms with Crippen molar-refractivity contribution >= 4 is 18.2 Å². The Balaban J connectivity index is 3.06. The van der Waals surface area contributed by atoms with Crippen LogP contribution in [0.4, 0.5) is 9.59 Å². The number of hydrogen-bond donors (Lipinski definition) is 3. The SMILES string of the molecule is CC1CCN(C(=O)O)N(C(=O)O)C1C(=O)O. The molecule has 3 N–H and O–H groups in total. The van der Waals surface area contributed by atoms with Crippen molar-refractivity contribution in [1.29, 1.82) is 0 Å². The molecule has 8 nitrogen and oxygen atoms in total. The first kappa shape index (κ1) is 12.1.